The summed E-state index contributed by atoms with van der Waals surface area (Å²) in [5, 5.41) is 0.0761. The summed E-state index contributed by atoms with van der Waals surface area (Å²) in [5.41, 5.74) is 6.00. The molecule has 0 bridgehead atoms. The third-order valence-corrected chi connectivity index (χ3v) is 6.84. The van der Waals surface area contributed by atoms with E-state index in [2.05, 4.69) is 4.72 Å². The Morgan fingerprint density at radius 2 is 2.00 bits per heavy atom. The lowest BCUT2D eigenvalue weighted by molar-refractivity contribution is 0.522. The Balaban J connectivity index is 2.19. The third-order valence-electron chi connectivity index (χ3n) is 3.22. The van der Waals surface area contributed by atoms with Crippen LogP contribution in [0.15, 0.2) is 23.1 Å². The molecule has 0 spiro atoms. The Hall–Kier alpha value is -0.540. The molecule has 1 aromatic carbocycles. The minimum atomic E-state index is -3.72. The molecule has 0 atom stereocenters. The maximum atomic E-state index is 12.3. The quantitative estimate of drug-likeness (QED) is 0.780. The van der Waals surface area contributed by atoms with Crippen LogP contribution in [0.3, 0.4) is 0 Å². The van der Waals surface area contributed by atoms with Crippen LogP contribution >= 0.6 is 23.8 Å². The molecule has 0 aromatic heterocycles. The van der Waals surface area contributed by atoms with Crippen molar-refractivity contribution >= 4 is 49.6 Å². The summed E-state index contributed by atoms with van der Waals surface area (Å²) in [6.45, 7) is 0. The van der Waals surface area contributed by atoms with Crippen LogP contribution < -0.4 is 10.5 Å². The van der Waals surface area contributed by atoms with Crippen molar-refractivity contribution in [3.63, 3.8) is 0 Å². The lowest BCUT2D eigenvalue weighted by Gasteiger charge is -2.22. The molecular formula is C12H15ClN2O3S3. The predicted octanol–water partition coefficient (Wildman–Crippen LogP) is 1.16. The highest BCUT2D eigenvalue weighted by atomic mass is 35.5. The van der Waals surface area contributed by atoms with Gasteiger partial charge in [0.1, 0.15) is 9.88 Å². The largest absolute Gasteiger partial charge is 0.389 e. The maximum Gasteiger partial charge on any atom is 0.242 e. The van der Waals surface area contributed by atoms with Crippen molar-refractivity contribution in [3.05, 3.63) is 28.8 Å². The van der Waals surface area contributed by atoms with Gasteiger partial charge in [-0.25, -0.2) is 13.1 Å². The van der Waals surface area contributed by atoms with Crippen molar-refractivity contribution in [2.75, 3.05) is 11.5 Å². The van der Waals surface area contributed by atoms with E-state index in [0.29, 0.717) is 29.9 Å². The number of benzene rings is 1. The molecule has 0 amide bonds. The summed E-state index contributed by atoms with van der Waals surface area (Å²) in [6, 6.07) is 4.15. The summed E-state index contributed by atoms with van der Waals surface area (Å²) in [6.07, 6.45) is 1.13. The maximum absolute atomic E-state index is 12.3. The number of thiocarbonyl (C=S) groups is 1. The zero-order chi connectivity index (χ0) is 15.6. The molecule has 116 valence electrons. The third kappa shape index (κ3) is 4.23. The van der Waals surface area contributed by atoms with E-state index < -0.39 is 20.8 Å². The summed E-state index contributed by atoms with van der Waals surface area (Å²) in [7, 11) is -4.55. The second-order valence-electron chi connectivity index (χ2n) is 4.75. The standard InChI is InChI=1S/C12H15ClN2O3S3/c13-10-7-8(12(14)19)1-2-11(10)21(17,18)15-9-3-5-20(16)6-4-9/h1-2,7,9,15H,3-6H2,(H2,14,19). The van der Waals surface area contributed by atoms with E-state index in [4.69, 9.17) is 29.6 Å². The second kappa shape index (κ2) is 6.70. The molecular weight excluding hydrogens is 352 g/mol. The number of hydrogen-bond acceptors (Lipinski definition) is 4. The van der Waals surface area contributed by atoms with Crippen LogP contribution in [-0.4, -0.2) is 35.2 Å². The summed E-state index contributed by atoms with van der Waals surface area (Å²) < 4.78 is 38.6. The summed E-state index contributed by atoms with van der Waals surface area (Å²) in [4.78, 5) is 0.152. The van der Waals surface area contributed by atoms with E-state index >= 15 is 0 Å². The second-order valence-corrected chi connectivity index (χ2v) is 8.98. The molecule has 3 N–H and O–H groups in total. The van der Waals surface area contributed by atoms with Gasteiger partial charge in [-0.3, -0.25) is 4.21 Å². The molecule has 5 nitrogen and oxygen atoms in total. The van der Waals surface area contributed by atoms with Crippen molar-refractivity contribution in [1.82, 2.24) is 4.72 Å². The van der Waals surface area contributed by atoms with Crippen LogP contribution in [0.2, 0.25) is 5.02 Å². The van der Waals surface area contributed by atoms with Crippen LogP contribution in [0.1, 0.15) is 18.4 Å². The van der Waals surface area contributed by atoms with E-state index in [9.17, 15) is 12.6 Å². The first kappa shape index (κ1) is 16.8. The van der Waals surface area contributed by atoms with E-state index in [1.807, 2.05) is 0 Å². The van der Waals surface area contributed by atoms with Crippen LogP contribution in [0.25, 0.3) is 0 Å². The first-order valence-electron chi connectivity index (χ1n) is 6.26. The van der Waals surface area contributed by atoms with Gasteiger partial charge in [0, 0.05) is 33.9 Å². The SMILES string of the molecule is NC(=S)c1ccc(S(=O)(=O)NC2CCS(=O)CC2)c(Cl)c1. The minimum Gasteiger partial charge on any atom is -0.389 e. The molecule has 21 heavy (non-hydrogen) atoms. The molecule has 0 aliphatic carbocycles. The van der Waals surface area contributed by atoms with Crippen molar-refractivity contribution in [2.45, 2.75) is 23.8 Å². The highest BCUT2D eigenvalue weighted by molar-refractivity contribution is 7.89. The van der Waals surface area contributed by atoms with Gasteiger partial charge in [-0.05, 0) is 25.0 Å². The first-order chi connectivity index (χ1) is 9.79. The van der Waals surface area contributed by atoms with Crippen molar-refractivity contribution in [3.8, 4) is 0 Å². The molecule has 1 aromatic rings. The molecule has 2 rings (SSSR count). The Labute approximate surface area is 136 Å². The van der Waals surface area contributed by atoms with Gasteiger partial charge in [0.15, 0.2) is 0 Å². The number of sulfonamides is 1. The molecule has 1 fully saturated rings. The number of nitrogens with two attached hydrogens (primary N) is 1. The van der Waals surface area contributed by atoms with Crippen molar-refractivity contribution in [2.24, 2.45) is 5.73 Å². The number of halogens is 1. The number of hydrogen-bond donors (Lipinski definition) is 2. The zero-order valence-electron chi connectivity index (χ0n) is 11.0. The first-order valence-corrected chi connectivity index (χ1v) is 10.0. The minimum absolute atomic E-state index is 0.00383. The Morgan fingerprint density at radius 1 is 1.38 bits per heavy atom. The molecule has 0 saturated carbocycles. The smallest absolute Gasteiger partial charge is 0.242 e. The van der Waals surface area contributed by atoms with Crippen LogP contribution in [0.4, 0.5) is 0 Å². The predicted molar refractivity (Wildman–Crippen MR) is 88.6 cm³/mol. The summed E-state index contributed by atoms with van der Waals surface area (Å²) in [5.74, 6) is 1.03. The number of rotatable bonds is 4. The van der Waals surface area contributed by atoms with Gasteiger partial charge in [0.2, 0.25) is 10.0 Å². The highest BCUT2D eigenvalue weighted by Crippen LogP contribution is 2.24. The monoisotopic (exact) mass is 366 g/mol. The lowest BCUT2D eigenvalue weighted by atomic mass is 10.2. The fraction of sp³-hybridized carbons (Fsp3) is 0.417. The zero-order valence-corrected chi connectivity index (χ0v) is 14.2. The Kier molecular flexibility index (Phi) is 5.37. The van der Waals surface area contributed by atoms with E-state index in [0.717, 1.165) is 0 Å². The van der Waals surface area contributed by atoms with Gasteiger partial charge >= 0.3 is 0 Å². The van der Waals surface area contributed by atoms with Gasteiger partial charge in [-0.1, -0.05) is 29.9 Å². The fourth-order valence-electron chi connectivity index (χ4n) is 2.07. The van der Waals surface area contributed by atoms with Crippen molar-refractivity contribution < 1.29 is 12.6 Å². The molecule has 0 radical (unpaired) electrons. The topological polar surface area (TPSA) is 89.3 Å². The average Bonchev–Trinajstić information content (AvgIpc) is 2.40. The van der Waals surface area contributed by atoms with Crippen LogP contribution in [0, 0.1) is 0 Å². The Morgan fingerprint density at radius 3 is 2.52 bits per heavy atom. The Bertz CT molecular complexity index is 681. The van der Waals surface area contributed by atoms with Gasteiger partial charge < -0.3 is 5.73 Å². The molecule has 1 heterocycles. The molecule has 9 heteroatoms. The van der Waals surface area contributed by atoms with E-state index in [-0.39, 0.29) is 20.9 Å². The molecule has 0 unspecified atom stereocenters. The van der Waals surface area contributed by atoms with Gasteiger partial charge in [-0.15, -0.1) is 0 Å². The van der Waals surface area contributed by atoms with E-state index in [1.165, 1.54) is 18.2 Å². The number of nitrogens with one attached hydrogen (secondary N) is 1. The lowest BCUT2D eigenvalue weighted by Crippen LogP contribution is -2.39. The van der Waals surface area contributed by atoms with E-state index in [1.54, 1.807) is 0 Å². The normalized spacial score (nSPS) is 22.9. The van der Waals surface area contributed by atoms with Gasteiger partial charge in [0.25, 0.3) is 0 Å². The average molecular weight is 367 g/mol. The van der Waals surface area contributed by atoms with Gasteiger partial charge in [-0.2, -0.15) is 0 Å². The van der Waals surface area contributed by atoms with Crippen molar-refractivity contribution in [1.29, 1.82) is 0 Å². The molecule has 1 aliphatic rings. The fourth-order valence-corrected chi connectivity index (χ4v) is 5.34. The van der Waals surface area contributed by atoms with Gasteiger partial charge in [0.05, 0.1) is 5.02 Å². The van der Waals surface area contributed by atoms with Crippen LogP contribution in [0.5, 0.6) is 0 Å². The molecule has 1 aliphatic heterocycles. The summed E-state index contributed by atoms with van der Waals surface area (Å²) >= 11 is 10.8. The molecule has 1 saturated heterocycles. The highest BCUT2D eigenvalue weighted by Gasteiger charge is 2.25. The van der Waals surface area contributed by atoms with Crippen LogP contribution in [-0.2, 0) is 20.8 Å².